The largest absolute Gasteiger partial charge is 0.442 e. The van der Waals surface area contributed by atoms with Crippen molar-refractivity contribution in [3.05, 3.63) is 48.3 Å². The first kappa shape index (κ1) is 21.0. The fourth-order valence-corrected chi connectivity index (χ4v) is 5.04. The molecule has 1 saturated heterocycles. The molecule has 0 aromatic heterocycles. The monoisotopic (exact) mass is 421 g/mol. The highest BCUT2D eigenvalue weighted by molar-refractivity contribution is 7.93. The van der Waals surface area contributed by atoms with Crippen molar-refractivity contribution in [3.8, 4) is 0 Å². The van der Waals surface area contributed by atoms with Gasteiger partial charge in [0.25, 0.3) is 0 Å². The van der Waals surface area contributed by atoms with E-state index in [0.717, 1.165) is 5.57 Å². The van der Waals surface area contributed by atoms with Gasteiger partial charge in [0.15, 0.2) is 0 Å². The van der Waals surface area contributed by atoms with Crippen molar-refractivity contribution in [2.75, 3.05) is 36.0 Å². The quantitative estimate of drug-likeness (QED) is 0.716. The summed E-state index contributed by atoms with van der Waals surface area (Å²) in [6.07, 6.45) is 2.80. The fraction of sp³-hybridized carbons (Fsp3) is 0.400. The average Bonchev–Trinajstić information content (AvgIpc) is 3.06. The van der Waals surface area contributed by atoms with Gasteiger partial charge in [0, 0.05) is 18.2 Å². The number of amides is 2. The van der Waals surface area contributed by atoms with Crippen molar-refractivity contribution >= 4 is 33.0 Å². The number of ether oxygens (including phenoxy) is 1. The summed E-state index contributed by atoms with van der Waals surface area (Å²) < 4.78 is 36.7. The predicted molar refractivity (Wildman–Crippen MR) is 111 cm³/mol. The van der Waals surface area contributed by atoms with E-state index in [1.54, 1.807) is 24.3 Å². The van der Waals surface area contributed by atoms with Crippen LogP contribution < -0.4 is 10.2 Å². The van der Waals surface area contributed by atoms with Gasteiger partial charge in [-0.05, 0) is 30.2 Å². The summed E-state index contributed by atoms with van der Waals surface area (Å²) in [4.78, 5) is 24.4. The van der Waals surface area contributed by atoms with E-state index < -0.39 is 27.7 Å². The van der Waals surface area contributed by atoms with Crippen LogP contribution in [0.4, 0.5) is 14.9 Å². The lowest BCUT2D eigenvalue weighted by Crippen LogP contribution is -2.33. The molecule has 0 bridgehead atoms. The van der Waals surface area contributed by atoms with Crippen molar-refractivity contribution in [1.82, 2.24) is 5.32 Å². The number of nitrogens with zero attached hydrogens (tertiary/aromatic N) is 2. The number of allylic oxidation sites excluding steroid dienone is 1. The summed E-state index contributed by atoms with van der Waals surface area (Å²) in [7, 11) is -2.30. The molecule has 1 aromatic rings. The number of cyclic esters (lactones) is 1. The molecule has 0 saturated carbocycles. The summed E-state index contributed by atoms with van der Waals surface area (Å²) in [6.45, 7) is 5.75. The second-order valence-electron chi connectivity index (χ2n) is 6.94. The molecule has 0 aliphatic carbocycles. The summed E-state index contributed by atoms with van der Waals surface area (Å²) in [6, 6.07) is 4.58. The Morgan fingerprint density at radius 1 is 1.52 bits per heavy atom. The van der Waals surface area contributed by atoms with E-state index in [4.69, 9.17) is 4.74 Å². The third kappa shape index (κ3) is 5.03. The highest BCUT2D eigenvalue weighted by Crippen LogP contribution is 2.30. The van der Waals surface area contributed by atoms with E-state index >= 15 is 0 Å². The number of hydrogen-bond acceptors (Lipinski definition) is 5. The van der Waals surface area contributed by atoms with Crippen LogP contribution in [0.5, 0.6) is 0 Å². The molecule has 2 amide bonds. The predicted octanol–water partition coefficient (Wildman–Crippen LogP) is 2.73. The van der Waals surface area contributed by atoms with Gasteiger partial charge in [0.05, 0.1) is 40.8 Å². The van der Waals surface area contributed by atoms with Crippen LogP contribution in [0.15, 0.2) is 41.3 Å². The Balaban J connectivity index is 1.73. The van der Waals surface area contributed by atoms with Crippen LogP contribution in [-0.4, -0.2) is 53.5 Å². The number of halogens is 1. The molecule has 1 aromatic carbocycles. The van der Waals surface area contributed by atoms with Gasteiger partial charge >= 0.3 is 6.09 Å². The van der Waals surface area contributed by atoms with Crippen LogP contribution in [0.25, 0.3) is 5.57 Å². The normalized spacial score (nSPS) is 23.9. The summed E-state index contributed by atoms with van der Waals surface area (Å²) >= 11 is 0. The molecule has 0 radical (unpaired) electrons. The number of hydrogen-bond donors (Lipinski definition) is 1. The Labute approximate surface area is 169 Å². The van der Waals surface area contributed by atoms with E-state index in [0.29, 0.717) is 35.7 Å². The maximum Gasteiger partial charge on any atom is 0.414 e. The first-order valence-electron chi connectivity index (χ1n) is 9.32. The SMILES string of the molecule is C=CCN=S1(=O)CC=C(c2ccc(N3C[C@@H](CNC(C)=O)OC3=O)cc2F)CC1. The second kappa shape index (κ2) is 8.77. The minimum atomic E-state index is -2.30. The third-order valence-electron chi connectivity index (χ3n) is 4.78. The number of benzene rings is 1. The van der Waals surface area contributed by atoms with Crippen molar-refractivity contribution in [3.63, 3.8) is 0 Å². The first-order valence-corrected chi connectivity index (χ1v) is 11.2. The number of nitrogens with one attached hydrogen (secondary N) is 1. The lowest BCUT2D eigenvalue weighted by molar-refractivity contribution is -0.119. The zero-order valence-electron chi connectivity index (χ0n) is 16.2. The van der Waals surface area contributed by atoms with Crippen molar-refractivity contribution in [2.45, 2.75) is 19.4 Å². The zero-order valence-corrected chi connectivity index (χ0v) is 17.0. The Morgan fingerprint density at radius 3 is 2.93 bits per heavy atom. The van der Waals surface area contributed by atoms with Gasteiger partial charge < -0.3 is 10.1 Å². The molecule has 7 nitrogen and oxygen atoms in total. The summed E-state index contributed by atoms with van der Waals surface area (Å²) in [5.74, 6) is 0.0119. The van der Waals surface area contributed by atoms with Crippen molar-refractivity contribution in [1.29, 1.82) is 0 Å². The van der Waals surface area contributed by atoms with E-state index in [9.17, 15) is 18.2 Å². The molecule has 29 heavy (non-hydrogen) atoms. The lowest BCUT2D eigenvalue weighted by Gasteiger charge is -2.19. The Morgan fingerprint density at radius 2 is 2.31 bits per heavy atom. The van der Waals surface area contributed by atoms with Gasteiger partial charge in [-0.1, -0.05) is 12.2 Å². The molecule has 2 aliphatic heterocycles. The Hall–Kier alpha value is -2.68. The highest BCUT2D eigenvalue weighted by Gasteiger charge is 2.33. The molecule has 0 spiro atoms. The van der Waals surface area contributed by atoms with Crippen molar-refractivity contribution < 1.29 is 22.9 Å². The number of carbonyl (C=O) groups excluding carboxylic acids is 2. The number of rotatable bonds is 6. The minimum absolute atomic E-state index is 0.210. The lowest BCUT2D eigenvalue weighted by atomic mass is 10.0. The van der Waals surface area contributed by atoms with E-state index in [1.165, 1.54) is 17.9 Å². The van der Waals surface area contributed by atoms with Crippen LogP contribution in [0.1, 0.15) is 18.9 Å². The summed E-state index contributed by atoms with van der Waals surface area (Å²) in [5.41, 5.74) is 1.61. The standard InChI is InChI=1S/C20H24FN3O4S/c1-3-8-23-29(27)9-6-15(7-10-29)18-5-4-16(11-19(18)21)24-13-17(28-20(24)26)12-22-14(2)25/h3-6,11,17H,1,7-10,12-13H2,2H3,(H,22,25)/t17-,29?/m1/s1. The maximum atomic E-state index is 14.8. The van der Waals surface area contributed by atoms with E-state index in [1.807, 2.05) is 0 Å². The molecular weight excluding hydrogens is 397 g/mol. The van der Waals surface area contributed by atoms with Crippen LogP contribution >= 0.6 is 0 Å². The smallest absolute Gasteiger partial charge is 0.414 e. The molecule has 3 rings (SSSR count). The number of anilines is 1. The Bertz CT molecular complexity index is 982. The molecule has 1 unspecified atom stereocenters. The van der Waals surface area contributed by atoms with Crippen LogP contribution in [0.3, 0.4) is 0 Å². The van der Waals surface area contributed by atoms with Gasteiger partial charge in [0.1, 0.15) is 11.9 Å². The van der Waals surface area contributed by atoms with Gasteiger partial charge in [-0.25, -0.2) is 17.8 Å². The minimum Gasteiger partial charge on any atom is -0.442 e. The average molecular weight is 421 g/mol. The topological polar surface area (TPSA) is 88.1 Å². The van der Waals surface area contributed by atoms with Crippen LogP contribution in [-0.2, 0) is 19.3 Å². The molecule has 9 heteroatoms. The highest BCUT2D eigenvalue weighted by atomic mass is 32.2. The zero-order chi connectivity index (χ0) is 21.0. The van der Waals surface area contributed by atoms with Crippen LogP contribution in [0.2, 0.25) is 0 Å². The molecule has 1 N–H and O–H groups in total. The van der Waals surface area contributed by atoms with Crippen LogP contribution in [0, 0.1) is 5.82 Å². The van der Waals surface area contributed by atoms with Gasteiger partial charge in [-0.3, -0.25) is 9.69 Å². The summed E-state index contributed by atoms with van der Waals surface area (Å²) in [5, 5.41) is 2.60. The van der Waals surface area contributed by atoms with Crippen molar-refractivity contribution in [2.24, 2.45) is 4.36 Å². The number of carbonyl (C=O) groups is 2. The van der Waals surface area contributed by atoms with Gasteiger partial charge in [-0.2, -0.15) is 0 Å². The fourth-order valence-electron chi connectivity index (χ4n) is 3.26. The molecule has 2 atom stereocenters. The Kier molecular flexibility index (Phi) is 6.36. The molecule has 2 heterocycles. The second-order valence-corrected chi connectivity index (χ2v) is 9.49. The van der Waals surface area contributed by atoms with Gasteiger partial charge in [-0.15, -0.1) is 6.58 Å². The first-order chi connectivity index (χ1) is 13.8. The molecule has 156 valence electrons. The van der Waals surface area contributed by atoms with E-state index in [-0.39, 0.29) is 19.0 Å². The van der Waals surface area contributed by atoms with Gasteiger partial charge in [0.2, 0.25) is 5.91 Å². The molecule has 1 fully saturated rings. The third-order valence-corrected chi connectivity index (χ3v) is 6.93. The van der Waals surface area contributed by atoms with E-state index in [2.05, 4.69) is 16.3 Å². The molecular formula is C20H24FN3O4S. The molecule has 2 aliphatic rings. The maximum absolute atomic E-state index is 14.8.